The van der Waals surface area contributed by atoms with Crippen molar-refractivity contribution in [1.82, 2.24) is 20.2 Å². The molecule has 3 rings (SSSR count). The third kappa shape index (κ3) is 5.03. The maximum atomic E-state index is 5.60. The molecule has 0 bridgehead atoms. The van der Waals surface area contributed by atoms with E-state index in [9.17, 15) is 0 Å². The van der Waals surface area contributed by atoms with Gasteiger partial charge in [-0.1, -0.05) is 42.5 Å². The van der Waals surface area contributed by atoms with Crippen LogP contribution in [0.15, 0.2) is 54.6 Å². The van der Waals surface area contributed by atoms with E-state index >= 15 is 0 Å². The predicted molar refractivity (Wildman–Crippen MR) is 109 cm³/mol. The van der Waals surface area contributed by atoms with Crippen LogP contribution in [-0.2, 0) is 17.7 Å². The van der Waals surface area contributed by atoms with Gasteiger partial charge in [0.25, 0.3) is 0 Å². The summed E-state index contributed by atoms with van der Waals surface area (Å²) in [7, 11) is 1.69. The molecule has 0 aliphatic heterocycles. The van der Waals surface area contributed by atoms with Gasteiger partial charge in [0.05, 0.1) is 17.6 Å². The van der Waals surface area contributed by atoms with Crippen LogP contribution >= 0.6 is 12.2 Å². The number of nitrogens with zero attached hydrogens (tertiary/aromatic N) is 2. The minimum atomic E-state index is 0.628. The summed E-state index contributed by atoms with van der Waals surface area (Å²) >= 11 is 5.60. The topological polar surface area (TPSA) is 53.2 Å². The lowest BCUT2D eigenvalue weighted by atomic mass is 10.2. The highest BCUT2D eigenvalue weighted by atomic mass is 32.1. The van der Waals surface area contributed by atoms with Gasteiger partial charge in [0.1, 0.15) is 5.82 Å². The van der Waals surface area contributed by atoms with E-state index in [-0.39, 0.29) is 0 Å². The van der Waals surface area contributed by atoms with Crippen LogP contribution in [0.3, 0.4) is 0 Å². The maximum absolute atomic E-state index is 5.60. The molecule has 0 spiro atoms. The van der Waals surface area contributed by atoms with Gasteiger partial charge in [-0.25, -0.2) is 4.98 Å². The number of rotatable bonds is 8. The smallest absolute Gasteiger partial charge is 0.169 e. The molecule has 3 aromatic rings. The molecule has 0 radical (unpaired) electrons. The van der Waals surface area contributed by atoms with Gasteiger partial charge in [0.2, 0.25) is 0 Å². The van der Waals surface area contributed by atoms with Gasteiger partial charge < -0.3 is 19.9 Å². The van der Waals surface area contributed by atoms with Gasteiger partial charge in [0.15, 0.2) is 5.11 Å². The van der Waals surface area contributed by atoms with Crippen molar-refractivity contribution in [3.63, 3.8) is 0 Å². The Kier molecular flexibility index (Phi) is 6.57. The molecule has 0 aliphatic carbocycles. The number of imidazole rings is 1. The second-order valence-corrected chi connectivity index (χ2v) is 6.47. The fourth-order valence-corrected chi connectivity index (χ4v) is 3.05. The largest absolute Gasteiger partial charge is 0.383 e. The lowest BCUT2D eigenvalue weighted by molar-refractivity contribution is 0.203. The van der Waals surface area contributed by atoms with Crippen molar-refractivity contribution >= 4 is 28.4 Å². The second kappa shape index (κ2) is 9.31. The number of thiocarbonyl (C=S) groups is 1. The molecule has 2 N–H and O–H groups in total. The highest BCUT2D eigenvalue weighted by Gasteiger charge is 2.12. The molecule has 0 amide bonds. The Morgan fingerprint density at radius 3 is 2.69 bits per heavy atom. The van der Waals surface area contributed by atoms with Gasteiger partial charge in [0, 0.05) is 33.2 Å². The molecule has 0 saturated heterocycles. The zero-order chi connectivity index (χ0) is 18.2. The predicted octanol–water partition coefficient (Wildman–Crippen LogP) is 3.13. The van der Waals surface area contributed by atoms with E-state index < -0.39 is 0 Å². The molecule has 6 heteroatoms. The van der Waals surface area contributed by atoms with Crippen LogP contribution in [0.4, 0.5) is 0 Å². The standard InChI is InChI=1S/C20H24N4OS/c1-25-14-12-21-20(26)24(15-16-7-3-2-4-8-16)13-11-19-22-17-9-5-6-10-18(17)23-19/h2-10H,11-15H2,1H3,(H,21,26)(H,22,23). The number of H-pyrrole nitrogens is 1. The summed E-state index contributed by atoms with van der Waals surface area (Å²) in [4.78, 5) is 10.2. The van der Waals surface area contributed by atoms with E-state index in [0.717, 1.165) is 41.5 Å². The van der Waals surface area contributed by atoms with Crippen LogP contribution in [0.25, 0.3) is 11.0 Å². The Morgan fingerprint density at radius 1 is 1.15 bits per heavy atom. The van der Waals surface area contributed by atoms with E-state index in [1.165, 1.54) is 5.56 Å². The van der Waals surface area contributed by atoms with Gasteiger partial charge in [-0.3, -0.25) is 0 Å². The van der Waals surface area contributed by atoms with Crippen LogP contribution in [0.1, 0.15) is 11.4 Å². The summed E-state index contributed by atoms with van der Waals surface area (Å²) in [5.41, 5.74) is 3.30. The van der Waals surface area contributed by atoms with Gasteiger partial charge in [-0.2, -0.15) is 0 Å². The molecule has 2 aromatic carbocycles. The number of aromatic amines is 1. The Bertz CT molecular complexity index is 801. The number of methoxy groups -OCH3 is 1. The van der Waals surface area contributed by atoms with Crippen molar-refractivity contribution < 1.29 is 4.74 Å². The lowest BCUT2D eigenvalue weighted by Gasteiger charge is -2.25. The first kappa shape index (κ1) is 18.4. The first-order valence-electron chi connectivity index (χ1n) is 8.75. The summed E-state index contributed by atoms with van der Waals surface area (Å²) in [5.74, 6) is 0.976. The van der Waals surface area contributed by atoms with Crippen molar-refractivity contribution in [3.05, 3.63) is 66.0 Å². The van der Waals surface area contributed by atoms with E-state index in [1.54, 1.807) is 7.11 Å². The van der Waals surface area contributed by atoms with Crippen molar-refractivity contribution in [2.45, 2.75) is 13.0 Å². The highest BCUT2D eigenvalue weighted by molar-refractivity contribution is 7.80. The number of ether oxygens (including phenoxy) is 1. The third-order valence-electron chi connectivity index (χ3n) is 4.14. The summed E-state index contributed by atoms with van der Waals surface area (Å²) < 4.78 is 5.10. The lowest BCUT2D eigenvalue weighted by Crippen LogP contribution is -2.41. The van der Waals surface area contributed by atoms with Crippen molar-refractivity contribution in [1.29, 1.82) is 0 Å². The fraction of sp³-hybridized carbons (Fsp3) is 0.300. The minimum absolute atomic E-state index is 0.628. The Hall–Kier alpha value is -2.44. The van der Waals surface area contributed by atoms with Crippen molar-refractivity contribution in [2.75, 3.05) is 26.8 Å². The van der Waals surface area contributed by atoms with E-state index in [1.807, 2.05) is 42.5 Å². The summed E-state index contributed by atoms with van der Waals surface area (Å²) in [6, 6.07) is 18.4. The molecule has 0 fully saturated rings. The van der Waals surface area contributed by atoms with E-state index in [0.29, 0.717) is 13.2 Å². The molecule has 26 heavy (non-hydrogen) atoms. The van der Waals surface area contributed by atoms with Crippen LogP contribution < -0.4 is 5.32 Å². The quantitative estimate of drug-likeness (QED) is 0.473. The fourth-order valence-electron chi connectivity index (χ4n) is 2.79. The monoisotopic (exact) mass is 368 g/mol. The van der Waals surface area contributed by atoms with Gasteiger partial charge in [-0.15, -0.1) is 0 Å². The zero-order valence-corrected chi connectivity index (χ0v) is 15.8. The number of benzene rings is 2. The maximum Gasteiger partial charge on any atom is 0.169 e. The number of aromatic nitrogens is 2. The molecule has 1 heterocycles. The summed E-state index contributed by atoms with van der Waals surface area (Å²) in [6.07, 6.45) is 0.799. The number of hydrogen-bond donors (Lipinski definition) is 2. The third-order valence-corrected chi connectivity index (χ3v) is 4.55. The number of hydrogen-bond acceptors (Lipinski definition) is 3. The second-order valence-electron chi connectivity index (χ2n) is 6.08. The number of para-hydroxylation sites is 2. The van der Waals surface area contributed by atoms with Crippen LogP contribution in [0, 0.1) is 0 Å². The first-order valence-corrected chi connectivity index (χ1v) is 9.16. The summed E-state index contributed by atoms with van der Waals surface area (Å²) in [6.45, 7) is 2.88. The average molecular weight is 369 g/mol. The summed E-state index contributed by atoms with van der Waals surface area (Å²) in [5, 5.41) is 4.01. The average Bonchev–Trinajstić information content (AvgIpc) is 3.09. The SMILES string of the molecule is COCCNC(=S)N(CCc1nc2ccccc2[nH]1)Cc1ccccc1. The molecule has 0 saturated carbocycles. The molecule has 1 aromatic heterocycles. The van der Waals surface area contributed by atoms with Crippen LogP contribution in [-0.4, -0.2) is 46.8 Å². The molecule has 0 unspecified atom stereocenters. The Labute approximate surface area is 159 Å². The normalized spacial score (nSPS) is 10.8. The Balaban J connectivity index is 1.66. The first-order chi connectivity index (χ1) is 12.8. The zero-order valence-electron chi connectivity index (χ0n) is 14.9. The molecule has 5 nitrogen and oxygen atoms in total. The van der Waals surface area contributed by atoms with Crippen molar-refractivity contribution in [3.8, 4) is 0 Å². The molecular weight excluding hydrogens is 344 g/mol. The van der Waals surface area contributed by atoms with Gasteiger partial charge >= 0.3 is 0 Å². The van der Waals surface area contributed by atoms with E-state index in [2.05, 4.69) is 32.3 Å². The highest BCUT2D eigenvalue weighted by Crippen LogP contribution is 2.12. The molecule has 0 atom stereocenters. The number of fused-ring (bicyclic) bond motifs is 1. The number of nitrogens with one attached hydrogen (secondary N) is 2. The molecular formula is C20H24N4OS. The molecule has 136 valence electrons. The molecule has 0 aliphatic rings. The Morgan fingerprint density at radius 2 is 1.92 bits per heavy atom. The van der Waals surface area contributed by atoms with Crippen molar-refractivity contribution in [2.24, 2.45) is 0 Å². The van der Waals surface area contributed by atoms with E-state index in [4.69, 9.17) is 17.0 Å². The minimum Gasteiger partial charge on any atom is -0.383 e. The van der Waals surface area contributed by atoms with Crippen LogP contribution in [0.2, 0.25) is 0 Å². The van der Waals surface area contributed by atoms with Gasteiger partial charge in [-0.05, 0) is 29.9 Å². The van der Waals surface area contributed by atoms with Crippen LogP contribution in [0.5, 0.6) is 0 Å².